The average molecular weight is 429 g/mol. The highest BCUT2D eigenvalue weighted by Gasteiger charge is 2.36. The molecule has 1 amide bonds. The second-order valence-electron chi connectivity index (χ2n) is 7.82. The molecular weight excluding hydrogens is 406 g/mol. The summed E-state index contributed by atoms with van der Waals surface area (Å²) in [6.07, 6.45) is 6.15. The summed E-state index contributed by atoms with van der Waals surface area (Å²) < 4.78 is 7.54. The van der Waals surface area contributed by atoms with Crippen LogP contribution in [0.2, 0.25) is 0 Å². The van der Waals surface area contributed by atoms with Gasteiger partial charge in [-0.2, -0.15) is 0 Å². The molecule has 3 aromatic rings. The fraction of sp³-hybridized carbons (Fsp3) is 0.200. The maximum absolute atomic E-state index is 13.2. The Morgan fingerprint density at radius 3 is 2.59 bits per heavy atom. The summed E-state index contributed by atoms with van der Waals surface area (Å²) in [7, 11) is 0. The van der Waals surface area contributed by atoms with E-state index in [1.807, 2.05) is 71.8 Å². The molecule has 1 unspecified atom stereocenters. The number of carbonyl (C=O) groups excluding carboxylic acids is 1. The fourth-order valence-corrected chi connectivity index (χ4v) is 4.24. The van der Waals surface area contributed by atoms with Crippen LogP contribution in [0.4, 0.5) is 0 Å². The number of amides is 1. The molecule has 1 aromatic heterocycles. The zero-order valence-corrected chi connectivity index (χ0v) is 17.4. The van der Waals surface area contributed by atoms with Crippen LogP contribution >= 0.6 is 0 Å². The Kier molecular flexibility index (Phi) is 5.15. The number of pyridine rings is 1. The van der Waals surface area contributed by atoms with E-state index in [1.54, 1.807) is 15.8 Å². The molecule has 0 saturated heterocycles. The second-order valence-corrected chi connectivity index (χ2v) is 7.82. The molecule has 2 aromatic carbocycles. The smallest absolute Gasteiger partial charge is 0.278 e. The molecule has 7 nitrogen and oxygen atoms in total. The Morgan fingerprint density at radius 1 is 0.938 bits per heavy atom. The number of hydrogen-bond donors (Lipinski definition) is 1. The number of rotatable bonds is 1. The number of hydrogen-bond acceptors (Lipinski definition) is 5. The average Bonchev–Trinajstić information content (AvgIpc) is 2.82. The molecule has 0 aliphatic carbocycles. The molecule has 2 aliphatic heterocycles. The van der Waals surface area contributed by atoms with Crippen molar-refractivity contribution in [3.63, 3.8) is 0 Å². The Morgan fingerprint density at radius 2 is 1.75 bits per heavy atom. The van der Waals surface area contributed by atoms with Crippen LogP contribution in [0.25, 0.3) is 0 Å². The summed E-state index contributed by atoms with van der Waals surface area (Å²) in [5, 5.41) is 12.5. The third-order valence-corrected chi connectivity index (χ3v) is 5.77. The van der Waals surface area contributed by atoms with Crippen molar-refractivity contribution in [2.75, 3.05) is 24.8 Å². The molecule has 5 rings (SSSR count). The molecule has 2 aliphatic rings. The molecule has 1 atom stereocenters. The van der Waals surface area contributed by atoms with Crippen molar-refractivity contribution in [2.45, 2.75) is 12.5 Å². The number of fused-ring (bicyclic) bond motifs is 6. The van der Waals surface area contributed by atoms with Crippen molar-refractivity contribution in [1.29, 1.82) is 0 Å². The molecule has 1 N–H and O–H groups in total. The Balaban J connectivity index is 1.76. The lowest BCUT2D eigenvalue weighted by molar-refractivity contribution is 0.0701. The van der Waals surface area contributed by atoms with Crippen LogP contribution in [0.3, 0.4) is 0 Å². The van der Waals surface area contributed by atoms with E-state index < -0.39 is 11.2 Å². The number of carbonyl (C=O) groups is 1. The lowest BCUT2D eigenvalue weighted by atomic mass is 9.97. The van der Waals surface area contributed by atoms with E-state index in [1.165, 1.54) is 6.07 Å². The second kappa shape index (κ2) is 8.26. The SMILES string of the molecule is O=C1c2c(O)c(=O)ccn2N2CN1C/C=C\CCOc1cccc(c1)C2c1ccccc1. The van der Waals surface area contributed by atoms with Crippen LogP contribution in [0.15, 0.2) is 83.8 Å². The predicted molar refractivity (Wildman–Crippen MR) is 120 cm³/mol. The van der Waals surface area contributed by atoms with E-state index >= 15 is 0 Å². The maximum Gasteiger partial charge on any atom is 0.278 e. The molecule has 7 heteroatoms. The summed E-state index contributed by atoms with van der Waals surface area (Å²) in [4.78, 5) is 27.0. The van der Waals surface area contributed by atoms with Crippen LogP contribution in [0.5, 0.6) is 11.5 Å². The summed E-state index contributed by atoms with van der Waals surface area (Å²) in [6.45, 7) is 1.17. The van der Waals surface area contributed by atoms with Gasteiger partial charge in [0.25, 0.3) is 5.91 Å². The van der Waals surface area contributed by atoms with Gasteiger partial charge in [0.1, 0.15) is 12.4 Å². The zero-order chi connectivity index (χ0) is 22.1. The highest BCUT2D eigenvalue weighted by Crippen LogP contribution is 2.33. The van der Waals surface area contributed by atoms with Gasteiger partial charge in [-0.15, -0.1) is 0 Å². The molecule has 0 fully saturated rings. The first-order valence-electron chi connectivity index (χ1n) is 10.6. The van der Waals surface area contributed by atoms with E-state index in [0.29, 0.717) is 19.6 Å². The van der Waals surface area contributed by atoms with Gasteiger partial charge >= 0.3 is 0 Å². The van der Waals surface area contributed by atoms with Crippen LogP contribution in [0.1, 0.15) is 34.1 Å². The Labute approximate surface area is 185 Å². The topological polar surface area (TPSA) is 75.0 Å². The standard InChI is InChI=1S/C25H23N3O4/c29-21-12-14-27-23(24(21)30)25(31)26-13-5-2-6-15-32-20-11-7-10-19(16-20)22(28(27)17-26)18-8-3-1-4-9-18/h1-5,7-12,14,16,22,30H,6,13,15,17H2/b5-2-. The molecule has 3 heterocycles. The van der Waals surface area contributed by atoms with Gasteiger partial charge in [-0.1, -0.05) is 54.6 Å². The third-order valence-electron chi connectivity index (χ3n) is 5.77. The lowest BCUT2D eigenvalue weighted by Gasteiger charge is -2.43. The van der Waals surface area contributed by atoms with Crippen molar-refractivity contribution >= 4 is 5.91 Å². The number of benzene rings is 2. The van der Waals surface area contributed by atoms with Crippen molar-refractivity contribution in [1.82, 2.24) is 9.58 Å². The summed E-state index contributed by atoms with van der Waals surface area (Å²) in [5.74, 6) is -0.152. The first kappa shape index (κ1) is 19.9. The van der Waals surface area contributed by atoms with Gasteiger partial charge in [-0.25, -0.2) is 0 Å². The van der Waals surface area contributed by atoms with E-state index in [-0.39, 0.29) is 24.3 Å². The molecule has 0 radical (unpaired) electrons. The van der Waals surface area contributed by atoms with E-state index in [9.17, 15) is 14.7 Å². The molecule has 0 saturated carbocycles. The minimum Gasteiger partial charge on any atom is -0.502 e. The van der Waals surface area contributed by atoms with Gasteiger partial charge in [0.15, 0.2) is 11.4 Å². The third kappa shape index (κ3) is 3.51. The zero-order valence-electron chi connectivity index (χ0n) is 17.4. The van der Waals surface area contributed by atoms with Gasteiger partial charge < -0.3 is 14.7 Å². The lowest BCUT2D eigenvalue weighted by Crippen LogP contribution is -2.55. The highest BCUT2D eigenvalue weighted by atomic mass is 16.5. The monoisotopic (exact) mass is 429 g/mol. The Hall–Kier alpha value is -4.00. The number of aromatic nitrogens is 1. The van der Waals surface area contributed by atoms with Crippen LogP contribution in [-0.4, -0.2) is 40.4 Å². The molecule has 162 valence electrons. The normalized spacial score (nSPS) is 19.1. The molecule has 0 spiro atoms. The van der Waals surface area contributed by atoms with Crippen LogP contribution < -0.4 is 15.2 Å². The van der Waals surface area contributed by atoms with Gasteiger partial charge in [-0.3, -0.25) is 19.3 Å². The van der Waals surface area contributed by atoms with E-state index in [0.717, 1.165) is 16.9 Å². The largest absolute Gasteiger partial charge is 0.502 e. The minimum absolute atomic E-state index is 0.0274. The predicted octanol–water partition coefficient (Wildman–Crippen LogP) is 3.03. The van der Waals surface area contributed by atoms with Gasteiger partial charge in [0, 0.05) is 18.8 Å². The molecule has 4 bridgehead atoms. The van der Waals surface area contributed by atoms with Gasteiger partial charge in [0.2, 0.25) is 5.43 Å². The number of nitrogens with zero attached hydrogens (tertiary/aromatic N) is 3. The summed E-state index contributed by atoms with van der Waals surface area (Å²) >= 11 is 0. The van der Waals surface area contributed by atoms with Crippen molar-refractivity contribution in [3.05, 3.63) is 106 Å². The van der Waals surface area contributed by atoms with Gasteiger partial charge in [0.05, 0.1) is 12.6 Å². The van der Waals surface area contributed by atoms with E-state index in [4.69, 9.17) is 4.74 Å². The number of aromatic hydroxyl groups is 1. The van der Waals surface area contributed by atoms with Crippen LogP contribution in [-0.2, 0) is 0 Å². The summed E-state index contributed by atoms with van der Waals surface area (Å²) in [5.41, 5.74) is 1.37. The Bertz CT molecular complexity index is 1240. The highest BCUT2D eigenvalue weighted by molar-refractivity contribution is 5.96. The van der Waals surface area contributed by atoms with Crippen molar-refractivity contribution < 1.29 is 14.6 Å². The van der Waals surface area contributed by atoms with E-state index in [2.05, 4.69) is 0 Å². The minimum atomic E-state index is -0.577. The maximum atomic E-state index is 13.2. The molecular formula is C25H23N3O4. The number of ether oxygens (including phenoxy) is 1. The quantitative estimate of drug-likeness (QED) is 0.602. The fourth-order valence-electron chi connectivity index (χ4n) is 4.24. The van der Waals surface area contributed by atoms with Gasteiger partial charge in [-0.05, 0) is 29.7 Å². The van der Waals surface area contributed by atoms with Crippen molar-refractivity contribution in [2.24, 2.45) is 0 Å². The first-order chi connectivity index (χ1) is 15.6. The molecule has 32 heavy (non-hydrogen) atoms. The first-order valence-corrected chi connectivity index (χ1v) is 10.6. The van der Waals surface area contributed by atoms with Crippen molar-refractivity contribution in [3.8, 4) is 11.5 Å². The van der Waals surface area contributed by atoms with Crippen LogP contribution in [0, 0.1) is 0 Å². The summed E-state index contributed by atoms with van der Waals surface area (Å²) in [6, 6.07) is 18.8.